The number of ether oxygens (including phenoxy) is 3. The van der Waals surface area contributed by atoms with Crippen molar-refractivity contribution in [2.45, 2.75) is 129 Å². The van der Waals surface area contributed by atoms with Gasteiger partial charge in [-0.2, -0.15) is 0 Å². The number of esters is 1. The Labute approximate surface area is 536 Å². The van der Waals surface area contributed by atoms with E-state index in [9.17, 15) is 43.5 Å². The molecule has 4 heterocycles. The van der Waals surface area contributed by atoms with Crippen LogP contribution in [0.1, 0.15) is 104 Å². The van der Waals surface area contributed by atoms with E-state index in [-0.39, 0.29) is 114 Å². The van der Waals surface area contributed by atoms with Crippen LogP contribution in [0.3, 0.4) is 0 Å². The lowest BCUT2D eigenvalue weighted by molar-refractivity contribution is -0.151. The normalized spacial score (nSPS) is 21.4. The minimum atomic E-state index is -1.07. The van der Waals surface area contributed by atoms with E-state index in [1.54, 1.807) is 73.3 Å². The van der Waals surface area contributed by atoms with Crippen molar-refractivity contribution in [3.8, 4) is 0 Å². The first kappa shape index (κ1) is 71.8. The number of amides is 8. The Morgan fingerprint density at radius 3 is 2.23 bits per heavy atom. The molecule has 0 saturated carbocycles. The summed E-state index contributed by atoms with van der Waals surface area (Å²) in [4.78, 5) is 110. The summed E-state index contributed by atoms with van der Waals surface area (Å²) in [6.45, 7) is 13.3. The fourth-order valence-corrected chi connectivity index (χ4v) is 11.6. The number of aliphatic hydroxyl groups excluding tert-OH is 1. The number of anilines is 2. The second-order valence-corrected chi connectivity index (χ2v) is 24.7. The van der Waals surface area contributed by atoms with Gasteiger partial charge in [-0.15, -0.1) is 0 Å². The van der Waals surface area contributed by atoms with Gasteiger partial charge >= 0.3 is 18.1 Å². The summed E-state index contributed by atoms with van der Waals surface area (Å²) < 4.78 is 35.5. The minimum absolute atomic E-state index is 0.0181. The van der Waals surface area contributed by atoms with Crippen molar-refractivity contribution in [1.82, 2.24) is 40.3 Å². The Kier molecular flexibility index (Phi) is 28.3. The molecule has 0 unspecified atom stereocenters. The van der Waals surface area contributed by atoms with E-state index >= 15 is 4.39 Å². The molecule has 0 bridgehead atoms. The molecular weight excluding hydrogens is 1190 g/mol. The summed E-state index contributed by atoms with van der Waals surface area (Å²) in [7, 11) is 1.78. The predicted molar refractivity (Wildman–Crippen MR) is 345 cm³/mol. The molecule has 0 aromatic heterocycles. The largest absolute Gasteiger partial charge is 0.460 e. The standard InChI is InChI=1S/C64H90FN13O12S/c1-41(2)58(73-54(80)12-8-7-9-24-78-55(81)21-22-56(78)82)61(85)72-52(11-10-23-70-62(67)86)60(84)71-48-17-15-45(16-18-48)40-88-63(68)75-25-27-76(28-26-75)64(87)89-53-20-14-43(4)59(90-57(83)37-50(79)19-13-42(53)3)44(5)33-46-34-47(65)36-49(35-46)74-29-31-77(32-30-74)91-51(38-66)39-69-6/h14-18,20-22,33-36,38-39,41-43,50,52-53,58-59,66,68-69,79H,7-13,19,23-32,37,40H2,1-6H3,(H,71,84)(H,72,85)(H,73,80)(H3,67,70,86)/b20-14+,44-33+,51-39+,66-38?,68-63?/t42-,43-,50+,52-,53-,58-,59-/m0/s1. The molecule has 4 aliphatic heterocycles. The summed E-state index contributed by atoms with van der Waals surface area (Å²) in [6.07, 6.45) is 10.5. The fourth-order valence-electron chi connectivity index (χ4n) is 10.7. The van der Waals surface area contributed by atoms with Crippen molar-refractivity contribution in [2.24, 2.45) is 23.5 Å². The highest BCUT2D eigenvalue weighted by atomic mass is 32.2. The molecule has 496 valence electrons. The van der Waals surface area contributed by atoms with E-state index in [2.05, 4.69) is 35.8 Å². The number of benzene rings is 2. The molecule has 6 rings (SSSR count). The fraction of sp³-hybridized carbons (Fsp3) is 0.531. The number of urea groups is 1. The monoisotopic (exact) mass is 1280 g/mol. The molecule has 0 radical (unpaired) electrons. The number of rotatable bonds is 26. The summed E-state index contributed by atoms with van der Waals surface area (Å²) in [5.74, 6) is -4.21. The van der Waals surface area contributed by atoms with Crippen molar-refractivity contribution < 1.29 is 62.1 Å². The highest BCUT2D eigenvalue weighted by Crippen LogP contribution is 2.30. The van der Waals surface area contributed by atoms with Gasteiger partial charge in [0.15, 0.2) is 0 Å². The van der Waals surface area contributed by atoms with E-state index in [1.807, 2.05) is 32.9 Å². The number of hydrogen-bond acceptors (Lipinski definition) is 18. The number of piperazine rings is 2. The number of aliphatic hydroxyl groups is 1. The number of amidine groups is 1. The van der Waals surface area contributed by atoms with Gasteiger partial charge in [0.05, 0.1) is 17.4 Å². The summed E-state index contributed by atoms with van der Waals surface area (Å²) in [5, 5.41) is 41.1. The summed E-state index contributed by atoms with van der Waals surface area (Å²) in [5.41, 5.74) is 8.28. The number of primary amides is 1. The second kappa shape index (κ2) is 35.9. The zero-order chi connectivity index (χ0) is 66.1. The molecule has 25 nitrogen and oxygen atoms in total. The Morgan fingerprint density at radius 2 is 1.57 bits per heavy atom. The number of nitrogens with two attached hydrogens (primary N) is 1. The Hall–Kier alpha value is -8.30. The Balaban J connectivity index is 0.983. The van der Waals surface area contributed by atoms with E-state index in [1.165, 1.54) is 42.4 Å². The maximum absolute atomic E-state index is 15.3. The number of halogens is 1. The number of unbranched alkanes of at least 4 members (excludes halogenated alkanes) is 2. The van der Waals surface area contributed by atoms with Crippen molar-refractivity contribution in [3.63, 3.8) is 0 Å². The molecule has 10 N–H and O–H groups in total. The maximum atomic E-state index is 15.3. The van der Waals surface area contributed by atoms with Gasteiger partial charge in [-0.3, -0.25) is 39.1 Å². The smallest absolute Gasteiger partial charge is 0.410 e. The first-order chi connectivity index (χ1) is 43.5. The molecule has 2 aromatic carbocycles. The van der Waals surface area contributed by atoms with Crippen LogP contribution < -0.4 is 37.2 Å². The number of carbonyl (C=O) groups excluding carboxylic acids is 8. The van der Waals surface area contributed by atoms with Crippen LogP contribution in [-0.2, 0) is 49.6 Å². The number of carbonyl (C=O) groups is 8. The van der Waals surface area contributed by atoms with Crippen LogP contribution in [0.2, 0.25) is 0 Å². The van der Waals surface area contributed by atoms with Crippen LogP contribution >= 0.6 is 11.9 Å². The van der Waals surface area contributed by atoms with Gasteiger partial charge in [0.25, 0.3) is 17.8 Å². The van der Waals surface area contributed by atoms with Gasteiger partial charge in [-0.1, -0.05) is 58.4 Å². The molecule has 8 amide bonds. The van der Waals surface area contributed by atoms with Gasteiger partial charge in [0, 0.05) is 121 Å². The third kappa shape index (κ3) is 23.2. The van der Waals surface area contributed by atoms with Crippen LogP contribution in [0.25, 0.3) is 6.08 Å². The maximum Gasteiger partial charge on any atom is 0.410 e. The van der Waals surface area contributed by atoms with Crippen molar-refractivity contribution in [3.05, 3.63) is 100 Å². The molecule has 27 heteroatoms. The van der Waals surface area contributed by atoms with Gasteiger partial charge in [-0.05, 0) is 122 Å². The zero-order valence-electron chi connectivity index (χ0n) is 52.9. The van der Waals surface area contributed by atoms with Crippen LogP contribution in [-0.4, -0.2) is 187 Å². The number of nitrogens with one attached hydrogen (secondary N) is 7. The molecule has 2 aromatic rings. The zero-order valence-corrected chi connectivity index (χ0v) is 53.7. The average molecular weight is 1280 g/mol. The molecular formula is C64H90FN13O12S. The third-order valence-corrected chi connectivity index (χ3v) is 17.1. The van der Waals surface area contributed by atoms with Crippen LogP contribution in [0.5, 0.6) is 0 Å². The number of allylic oxidation sites excluding steroid dienone is 1. The predicted octanol–water partition coefficient (Wildman–Crippen LogP) is 5.77. The SMILES string of the molecule is CN/C=C(\C=N)SN1CCN(c2cc(F)cc(/C=C(\C)[C@H]3OC(=O)C[C@H](O)CC[C@H](C)[C@@H](OC(=O)N4CCN(C(=N)OCc5ccc(NC(=O)[C@H](CCCNC(N)=O)NC(=O)[C@@H](NC(=O)CCCCCN6C(=O)C=CC6=O)C(C)C)cc5)CC4)/C=C/[C@@H]3C)c2)CC1. The lowest BCUT2D eigenvalue weighted by Gasteiger charge is -2.36. The number of cyclic esters (lactones) is 1. The number of hydrogen-bond donors (Lipinski definition) is 9. The molecule has 4 aliphatic rings. The topological polar surface area (TPSA) is 335 Å². The first-order valence-corrected chi connectivity index (χ1v) is 31.9. The van der Waals surface area contributed by atoms with Gasteiger partial charge in [0.2, 0.25) is 17.7 Å². The van der Waals surface area contributed by atoms with Crippen molar-refractivity contribution in [2.75, 3.05) is 82.7 Å². The summed E-state index contributed by atoms with van der Waals surface area (Å²) >= 11 is 1.49. The van der Waals surface area contributed by atoms with E-state index in [4.69, 9.17) is 30.8 Å². The molecule has 7 atom stereocenters. The van der Waals surface area contributed by atoms with Gasteiger partial charge < -0.3 is 71.7 Å². The molecule has 0 spiro atoms. The van der Waals surface area contributed by atoms with Gasteiger partial charge in [-0.25, -0.2) is 18.3 Å². The van der Waals surface area contributed by atoms with Crippen LogP contribution in [0, 0.1) is 34.4 Å². The molecule has 2 saturated heterocycles. The number of nitrogens with zero attached hydrogens (tertiary/aromatic N) is 5. The quantitative estimate of drug-likeness (QED) is 0.0103. The third-order valence-electron chi connectivity index (χ3n) is 16.0. The highest BCUT2D eigenvalue weighted by Gasteiger charge is 2.33. The molecule has 0 aliphatic carbocycles. The van der Waals surface area contributed by atoms with E-state index < -0.39 is 72.0 Å². The van der Waals surface area contributed by atoms with Crippen LogP contribution in [0.15, 0.2) is 83.4 Å². The molecule has 91 heavy (non-hydrogen) atoms. The average Bonchev–Trinajstić information content (AvgIpc) is 3.39. The Bertz CT molecular complexity index is 2980. The van der Waals surface area contributed by atoms with E-state index in [0.29, 0.717) is 79.9 Å². The summed E-state index contributed by atoms with van der Waals surface area (Å²) in [6, 6.07) is 8.68. The lowest BCUT2D eigenvalue weighted by Crippen LogP contribution is -2.54. The number of imide groups is 1. The van der Waals surface area contributed by atoms with Gasteiger partial charge in [0.1, 0.15) is 36.7 Å². The Morgan fingerprint density at radius 1 is 0.879 bits per heavy atom. The molecule has 2 fully saturated rings. The first-order valence-electron chi connectivity index (χ1n) is 31.1. The lowest BCUT2D eigenvalue weighted by atomic mass is 9.91. The second-order valence-electron chi connectivity index (χ2n) is 23.5. The van der Waals surface area contributed by atoms with Crippen LogP contribution in [0.4, 0.5) is 25.4 Å². The van der Waals surface area contributed by atoms with Crippen molar-refractivity contribution >= 4 is 89.3 Å². The van der Waals surface area contributed by atoms with E-state index in [0.717, 1.165) is 9.81 Å². The van der Waals surface area contributed by atoms with Crippen molar-refractivity contribution in [1.29, 1.82) is 10.8 Å². The minimum Gasteiger partial charge on any atom is -0.460 e. The highest BCUT2D eigenvalue weighted by molar-refractivity contribution is 8.01.